The zero-order valence-corrected chi connectivity index (χ0v) is 8.83. The molecule has 0 aliphatic carbocycles. The van der Waals surface area contributed by atoms with Crippen LogP contribution in [-0.4, -0.2) is 14.5 Å². The third-order valence-corrected chi connectivity index (χ3v) is 2.25. The number of nitrogen functional groups attached to an aromatic ring is 1. The summed E-state index contributed by atoms with van der Waals surface area (Å²) in [7, 11) is 0. The van der Waals surface area contributed by atoms with Gasteiger partial charge in [-0.25, -0.2) is 9.97 Å². The molecule has 0 radical (unpaired) electrons. The van der Waals surface area contributed by atoms with Crippen molar-refractivity contribution in [2.24, 2.45) is 0 Å². The van der Waals surface area contributed by atoms with Gasteiger partial charge in [0.25, 0.3) is 0 Å². The van der Waals surface area contributed by atoms with E-state index in [9.17, 15) is 0 Å². The Morgan fingerprint density at radius 2 is 2.12 bits per heavy atom. The minimum atomic E-state index is 0.134. The maximum absolute atomic E-state index is 8.95. The molecule has 0 fully saturated rings. The molecule has 0 unspecified atom stereocenters. The van der Waals surface area contributed by atoms with Gasteiger partial charge in [0.05, 0.1) is 6.33 Å². The molecule has 2 aromatic heterocycles. The Labute approximate surface area is 97.6 Å². The number of aromatic nitrogens is 3. The second kappa shape index (κ2) is 4.33. The van der Waals surface area contributed by atoms with E-state index >= 15 is 0 Å². The number of anilines is 1. The summed E-state index contributed by atoms with van der Waals surface area (Å²) in [6.45, 7) is 0.435. The molecule has 0 spiro atoms. The van der Waals surface area contributed by atoms with Crippen LogP contribution in [0.3, 0.4) is 0 Å². The summed E-state index contributed by atoms with van der Waals surface area (Å²) in [5.41, 5.74) is 6.85. The fourth-order valence-electron chi connectivity index (χ4n) is 1.49. The first kappa shape index (κ1) is 10.7. The third-order valence-electron chi connectivity index (χ3n) is 2.25. The number of imidazole rings is 1. The van der Waals surface area contributed by atoms with Gasteiger partial charge < -0.3 is 10.3 Å². The van der Waals surface area contributed by atoms with Crippen molar-refractivity contribution in [3.8, 4) is 12.1 Å². The van der Waals surface area contributed by atoms with E-state index < -0.39 is 0 Å². The fourth-order valence-corrected chi connectivity index (χ4v) is 1.49. The molecule has 0 atom stereocenters. The fraction of sp³-hybridized carbons (Fsp3) is 0.0909. The monoisotopic (exact) mass is 224 g/mol. The molecule has 2 rings (SSSR count). The quantitative estimate of drug-likeness (QED) is 0.806. The van der Waals surface area contributed by atoms with Crippen molar-refractivity contribution in [3.05, 3.63) is 41.6 Å². The largest absolute Gasteiger partial charge is 0.384 e. The molecule has 0 saturated carbocycles. The second-order valence-electron chi connectivity index (χ2n) is 3.38. The Morgan fingerprint density at radius 1 is 1.29 bits per heavy atom. The Hall–Kier alpha value is -2.86. The number of nitrogens with zero attached hydrogens (tertiary/aromatic N) is 5. The van der Waals surface area contributed by atoms with Gasteiger partial charge in [-0.1, -0.05) is 0 Å². The number of hydrogen-bond acceptors (Lipinski definition) is 5. The summed E-state index contributed by atoms with van der Waals surface area (Å²) in [6.07, 6.45) is 3.06. The first-order valence-corrected chi connectivity index (χ1v) is 4.80. The van der Waals surface area contributed by atoms with Gasteiger partial charge in [0.2, 0.25) is 0 Å². The number of nitriles is 2. The van der Waals surface area contributed by atoms with Crippen molar-refractivity contribution >= 4 is 5.82 Å². The molecular weight excluding hydrogens is 216 g/mol. The minimum absolute atomic E-state index is 0.134. The van der Waals surface area contributed by atoms with E-state index in [1.54, 1.807) is 22.9 Å². The van der Waals surface area contributed by atoms with Crippen molar-refractivity contribution in [1.82, 2.24) is 14.5 Å². The lowest BCUT2D eigenvalue weighted by atomic mass is 10.2. The molecule has 82 valence electrons. The van der Waals surface area contributed by atoms with Crippen LogP contribution in [0.25, 0.3) is 0 Å². The average molecular weight is 224 g/mol. The van der Waals surface area contributed by atoms with E-state index in [4.69, 9.17) is 16.3 Å². The standard InChI is InChI=1S/C11H8N6/c12-4-9-10(5-13)17(7-16-9)6-8-1-2-15-11(14)3-8/h1-3,7H,6H2,(H2,14,15). The molecule has 2 N–H and O–H groups in total. The summed E-state index contributed by atoms with van der Waals surface area (Å²) >= 11 is 0. The first-order valence-electron chi connectivity index (χ1n) is 4.80. The molecule has 0 aliphatic heterocycles. The second-order valence-corrected chi connectivity index (χ2v) is 3.38. The Balaban J connectivity index is 2.35. The van der Waals surface area contributed by atoms with Gasteiger partial charge in [0, 0.05) is 12.7 Å². The van der Waals surface area contributed by atoms with E-state index in [2.05, 4.69) is 9.97 Å². The van der Waals surface area contributed by atoms with E-state index in [0.717, 1.165) is 5.56 Å². The van der Waals surface area contributed by atoms with Crippen molar-refractivity contribution in [2.75, 3.05) is 5.73 Å². The molecule has 2 heterocycles. The zero-order valence-electron chi connectivity index (χ0n) is 8.83. The highest BCUT2D eigenvalue weighted by Crippen LogP contribution is 2.10. The van der Waals surface area contributed by atoms with Gasteiger partial charge in [-0.05, 0) is 17.7 Å². The maximum Gasteiger partial charge on any atom is 0.176 e. The number of hydrogen-bond donors (Lipinski definition) is 1. The van der Waals surface area contributed by atoms with E-state index in [0.29, 0.717) is 12.4 Å². The first-order chi connectivity index (χ1) is 8.24. The molecule has 6 nitrogen and oxygen atoms in total. The van der Waals surface area contributed by atoms with E-state index in [1.807, 2.05) is 12.1 Å². The maximum atomic E-state index is 8.95. The lowest BCUT2D eigenvalue weighted by Gasteiger charge is -2.04. The van der Waals surface area contributed by atoms with Crippen LogP contribution in [0.2, 0.25) is 0 Å². The zero-order chi connectivity index (χ0) is 12.3. The van der Waals surface area contributed by atoms with Gasteiger partial charge in [0.15, 0.2) is 11.4 Å². The average Bonchev–Trinajstić information content (AvgIpc) is 2.71. The molecule has 0 aliphatic rings. The smallest absolute Gasteiger partial charge is 0.176 e. The Kier molecular flexibility index (Phi) is 2.71. The summed E-state index contributed by atoms with van der Waals surface area (Å²) in [6, 6.07) is 7.34. The predicted molar refractivity (Wildman–Crippen MR) is 59.4 cm³/mol. The molecule has 0 bridgehead atoms. The van der Waals surface area contributed by atoms with Crippen LogP contribution in [0.15, 0.2) is 24.7 Å². The van der Waals surface area contributed by atoms with Crippen molar-refractivity contribution in [3.63, 3.8) is 0 Å². The van der Waals surface area contributed by atoms with Crippen LogP contribution in [0.4, 0.5) is 5.82 Å². The Bertz CT molecular complexity index is 628. The molecule has 17 heavy (non-hydrogen) atoms. The van der Waals surface area contributed by atoms with Crippen LogP contribution < -0.4 is 5.73 Å². The van der Waals surface area contributed by atoms with Gasteiger partial charge in [-0.15, -0.1) is 0 Å². The topological polar surface area (TPSA) is 104 Å². The highest BCUT2D eigenvalue weighted by Gasteiger charge is 2.09. The summed E-state index contributed by atoms with van der Waals surface area (Å²) < 4.78 is 1.60. The molecule has 2 aromatic rings. The van der Waals surface area contributed by atoms with Crippen LogP contribution >= 0.6 is 0 Å². The molecule has 6 heteroatoms. The Morgan fingerprint density at radius 3 is 2.76 bits per heavy atom. The molecule has 0 aromatic carbocycles. The SMILES string of the molecule is N#Cc1ncn(Cc2ccnc(N)c2)c1C#N. The summed E-state index contributed by atoms with van der Waals surface area (Å²) in [5.74, 6) is 0.418. The molecular formula is C11H8N6. The minimum Gasteiger partial charge on any atom is -0.384 e. The van der Waals surface area contributed by atoms with Gasteiger partial charge >= 0.3 is 0 Å². The normalized spacial score (nSPS) is 9.53. The number of rotatable bonds is 2. The van der Waals surface area contributed by atoms with E-state index in [-0.39, 0.29) is 11.4 Å². The van der Waals surface area contributed by atoms with Crippen LogP contribution in [0, 0.1) is 22.7 Å². The highest BCUT2D eigenvalue weighted by molar-refractivity contribution is 5.37. The van der Waals surface area contributed by atoms with Crippen LogP contribution in [0.1, 0.15) is 17.0 Å². The summed E-state index contributed by atoms with van der Waals surface area (Å²) in [4.78, 5) is 7.74. The molecule has 0 amide bonds. The van der Waals surface area contributed by atoms with Crippen LogP contribution in [-0.2, 0) is 6.54 Å². The summed E-state index contributed by atoms with van der Waals surface area (Å²) in [5, 5.41) is 17.7. The van der Waals surface area contributed by atoms with Crippen molar-refractivity contribution in [2.45, 2.75) is 6.54 Å². The lowest BCUT2D eigenvalue weighted by Crippen LogP contribution is -2.02. The van der Waals surface area contributed by atoms with Gasteiger partial charge in [-0.3, -0.25) is 0 Å². The number of pyridine rings is 1. The molecule has 0 saturated heterocycles. The lowest BCUT2D eigenvalue weighted by molar-refractivity contribution is 0.784. The van der Waals surface area contributed by atoms with Crippen molar-refractivity contribution in [1.29, 1.82) is 10.5 Å². The van der Waals surface area contributed by atoms with E-state index in [1.165, 1.54) is 6.33 Å². The van der Waals surface area contributed by atoms with Crippen molar-refractivity contribution < 1.29 is 0 Å². The highest BCUT2D eigenvalue weighted by atomic mass is 15.1. The van der Waals surface area contributed by atoms with Gasteiger partial charge in [0.1, 0.15) is 18.0 Å². The predicted octanol–water partition coefficient (Wildman–Crippen LogP) is 0.652. The van der Waals surface area contributed by atoms with Crippen LogP contribution in [0.5, 0.6) is 0 Å². The van der Waals surface area contributed by atoms with Gasteiger partial charge in [-0.2, -0.15) is 10.5 Å². The third kappa shape index (κ3) is 2.06. The number of nitrogens with two attached hydrogens (primary N) is 1.